The fraction of sp³-hybridized carbons (Fsp3) is 0.333. The molecule has 2 rings (SSSR count). The van der Waals surface area contributed by atoms with Crippen molar-refractivity contribution >= 4 is 34.5 Å². The molecule has 0 aromatic heterocycles. The fourth-order valence-electron chi connectivity index (χ4n) is 2.86. The van der Waals surface area contributed by atoms with Crippen molar-refractivity contribution in [2.24, 2.45) is 5.41 Å². The van der Waals surface area contributed by atoms with Crippen LogP contribution in [-0.2, 0) is 15.0 Å². The normalized spacial score (nSPS) is 28.0. The lowest BCUT2D eigenvalue weighted by atomic mass is 9.63. The summed E-state index contributed by atoms with van der Waals surface area (Å²) >= 11 is 1.88. The Morgan fingerprint density at radius 3 is 2.41 bits per heavy atom. The van der Waals surface area contributed by atoms with E-state index in [1.807, 2.05) is 22.6 Å². The first kappa shape index (κ1) is 16.7. The van der Waals surface area contributed by atoms with E-state index < -0.39 is 28.6 Å². The molecular formula is C15H14FIO5. The minimum absolute atomic E-state index is 0.154. The number of allylic oxidation sites excluding steroid dienone is 1. The first-order valence-electron chi connectivity index (χ1n) is 6.44. The monoisotopic (exact) mass is 420 g/mol. The summed E-state index contributed by atoms with van der Waals surface area (Å²) in [6.07, 6.45) is 1.33. The summed E-state index contributed by atoms with van der Waals surface area (Å²) < 4.78 is 14.8. The molecule has 1 aromatic carbocycles. The van der Waals surface area contributed by atoms with Crippen molar-refractivity contribution in [1.29, 1.82) is 0 Å². The van der Waals surface area contributed by atoms with E-state index >= 15 is 0 Å². The Morgan fingerprint density at radius 2 is 1.91 bits per heavy atom. The standard InChI is InChI=1S/C15H14FIO5/c1-14(12(19)20)5-8(17)6-15(7-14,13(21)22)10-3-2-9(18)4-11(10)16/h2-4,6,18H,5,7H2,1H3,(H,19,20)(H,21,22). The molecule has 0 amide bonds. The van der Waals surface area contributed by atoms with Gasteiger partial charge in [-0.15, -0.1) is 0 Å². The predicted octanol–water partition coefficient (Wildman–Crippen LogP) is 3.06. The maximum Gasteiger partial charge on any atom is 0.318 e. The highest BCUT2D eigenvalue weighted by Gasteiger charge is 2.52. The molecule has 0 fully saturated rings. The Labute approximate surface area is 139 Å². The maximum absolute atomic E-state index is 14.2. The highest BCUT2D eigenvalue weighted by atomic mass is 127. The highest BCUT2D eigenvalue weighted by molar-refractivity contribution is 14.1. The molecule has 2 unspecified atom stereocenters. The van der Waals surface area contributed by atoms with Crippen LogP contribution in [0.15, 0.2) is 27.9 Å². The Morgan fingerprint density at radius 1 is 1.27 bits per heavy atom. The van der Waals surface area contributed by atoms with Crippen LogP contribution >= 0.6 is 22.6 Å². The summed E-state index contributed by atoms with van der Waals surface area (Å²) in [7, 11) is 0. The van der Waals surface area contributed by atoms with Crippen LogP contribution in [0.5, 0.6) is 5.75 Å². The smallest absolute Gasteiger partial charge is 0.318 e. The molecular weight excluding hydrogens is 406 g/mol. The Bertz CT molecular complexity index is 687. The zero-order valence-corrected chi connectivity index (χ0v) is 13.8. The van der Waals surface area contributed by atoms with Crippen molar-refractivity contribution in [2.45, 2.75) is 25.2 Å². The second kappa shape index (κ2) is 5.53. The van der Waals surface area contributed by atoms with Crippen molar-refractivity contribution in [3.8, 4) is 5.75 Å². The number of carbonyl (C=O) groups is 2. The summed E-state index contributed by atoms with van der Waals surface area (Å²) in [5.41, 5.74) is -3.24. The highest BCUT2D eigenvalue weighted by Crippen LogP contribution is 2.49. The first-order chi connectivity index (χ1) is 10.1. The van der Waals surface area contributed by atoms with Gasteiger partial charge in [-0.1, -0.05) is 12.1 Å². The van der Waals surface area contributed by atoms with Gasteiger partial charge in [0.25, 0.3) is 0 Å². The van der Waals surface area contributed by atoms with Gasteiger partial charge in [0.2, 0.25) is 0 Å². The lowest BCUT2D eigenvalue weighted by molar-refractivity contribution is -0.152. The number of hydrogen-bond acceptors (Lipinski definition) is 3. The molecule has 7 heteroatoms. The van der Waals surface area contributed by atoms with Crippen LogP contribution in [0.25, 0.3) is 0 Å². The summed E-state index contributed by atoms with van der Waals surface area (Å²) in [6.45, 7) is 1.46. The molecule has 1 aromatic rings. The van der Waals surface area contributed by atoms with E-state index in [2.05, 4.69) is 0 Å². The number of hydrogen-bond donors (Lipinski definition) is 3. The maximum atomic E-state index is 14.2. The molecule has 0 saturated carbocycles. The van der Waals surface area contributed by atoms with E-state index in [0.29, 0.717) is 3.58 Å². The summed E-state index contributed by atoms with van der Waals surface area (Å²) in [6, 6.07) is 3.21. The number of phenols is 1. The molecule has 118 valence electrons. The van der Waals surface area contributed by atoms with Gasteiger partial charge in [-0.25, -0.2) is 4.39 Å². The third-order valence-corrected chi connectivity index (χ3v) is 4.66. The van der Waals surface area contributed by atoms with Gasteiger partial charge in [0.1, 0.15) is 17.0 Å². The Hall–Kier alpha value is -1.64. The van der Waals surface area contributed by atoms with E-state index in [1.54, 1.807) is 0 Å². The van der Waals surface area contributed by atoms with Gasteiger partial charge in [-0.3, -0.25) is 9.59 Å². The van der Waals surface area contributed by atoms with Gasteiger partial charge in [0, 0.05) is 11.6 Å². The number of phenolic OH excluding ortho intramolecular Hbond substituents is 1. The zero-order chi connectivity index (χ0) is 16.7. The fourth-order valence-corrected chi connectivity index (χ4v) is 4.24. The van der Waals surface area contributed by atoms with Crippen molar-refractivity contribution < 1.29 is 29.3 Å². The molecule has 0 radical (unpaired) electrons. The van der Waals surface area contributed by atoms with Gasteiger partial charge in [-0.05, 0) is 52.0 Å². The topological polar surface area (TPSA) is 94.8 Å². The van der Waals surface area contributed by atoms with E-state index in [0.717, 1.165) is 6.07 Å². The molecule has 22 heavy (non-hydrogen) atoms. The number of halogens is 2. The molecule has 5 nitrogen and oxygen atoms in total. The molecule has 3 N–H and O–H groups in total. The van der Waals surface area contributed by atoms with Gasteiger partial charge in [-0.2, -0.15) is 0 Å². The van der Waals surface area contributed by atoms with Crippen molar-refractivity contribution in [3.05, 3.63) is 39.2 Å². The van der Waals surface area contributed by atoms with Crippen LogP contribution in [0.4, 0.5) is 4.39 Å². The molecule has 0 aliphatic heterocycles. The number of benzene rings is 1. The Kier molecular flexibility index (Phi) is 4.20. The van der Waals surface area contributed by atoms with Crippen molar-refractivity contribution in [2.75, 3.05) is 0 Å². The number of carboxylic acid groups (broad SMARTS) is 2. The quantitative estimate of drug-likeness (QED) is 0.654. The predicted molar refractivity (Wildman–Crippen MR) is 84.5 cm³/mol. The van der Waals surface area contributed by atoms with Crippen LogP contribution in [0.2, 0.25) is 0 Å². The molecule has 0 bridgehead atoms. The average Bonchev–Trinajstić information content (AvgIpc) is 2.36. The van der Waals surface area contributed by atoms with Gasteiger partial charge in [0.15, 0.2) is 0 Å². The number of aliphatic carboxylic acids is 2. The van der Waals surface area contributed by atoms with Crippen LogP contribution < -0.4 is 0 Å². The van der Waals surface area contributed by atoms with E-state index in [1.165, 1.54) is 25.1 Å². The van der Waals surface area contributed by atoms with Crippen molar-refractivity contribution in [3.63, 3.8) is 0 Å². The van der Waals surface area contributed by atoms with Crippen LogP contribution in [-0.4, -0.2) is 27.3 Å². The van der Waals surface area contributed by atoms with Gasteiger partial charge < -0.3 is 15.3 Å². The minimum Gasteiger partial charge on any atom is -0.508 e. The minimum atomic E-state index is -1.78. The largest absolute Gasteiger partial charge is 0.508 e. The number of rotatable bonds is 3. The van der Waals surface area contributed by atoms with E-state index in [4.69, 9.17) is 0 Å². The zero-order valence-electron chi connectivity index (χ0n) is 11.6. The SMILES string of the molecule is CC1(C(=O)O)CC(I)=CC(C(=O)O)(c2ccc(O)cc2F)C1. The lowest BCUT2D eigenvalue weighted by Gasteiger charge is -2.39. The van der Waals surface area contributed by atoms with Crippen LogP contribution in [0, 0.1) is 11.2 Å². The van der Waals surface area contributed by atoms with Crippen molar-refractivity contribution in [1.82, 2.24) is 0 Å². The average molecular weight is 420 g/mol. The summed E-state index contributed by atoms with van der Waals surface area (Å²) in [5, 5.41) is 28.4. The molecule has 2 atom stereocenters. The molecule has 1 aliphatic carbocycles. The third-order valence-electron chi connectivity index (χ3n) is 3.96. The second-order valence-corrected chi connectivity index (χ2v) is 7.14. The van der Waals surface area contributed by atoms with E-state index in [-0.39, 0.29) is 24.2 Å². The van der Waals surface area contributed by atoms with Gasteiger partial charge in [0.05, 0.1) is 5.41 Å². The van der Waals surface area contributed by atoms with Crippen LogP contribution in [0.1, 0.15) is 25.3 Å². The molecule has 0 saturated heterocycles. The Balaban J connectivity index is 2.70. The lowest BCUT2D eigenvalue weighted by Crippen LogP contribution is -2.45. The summed E-state index contributed by atoms with van der Waals surface area (Å²) in [4.78, 5) is 23.4. The number of carboxylic acids is 2. The first-order valence-corrected chi connectivity index (χ1v) is 7.52. The molecule has 0 spiro atoms. The number of aromatic hydroxyl groups is 1. The van der Waals surface area contributed by atoms with E-state index in [9.17, 15) is 29.3 Å². The molecule has 1 aliphatic rings. The summed E-state index contributed by atoms with van der Waals surface area (Å²) in [5.74, 6) is -3.65. The molecule has 0 heterocycles. The second-order valence-electron chi connectivity index (χ2n) is 5.75. The third kappa shape index (κ3) is 2.69. The van der Waals surface area contributed by atoms with Crippen LogP contribution in [0.3, 0.4) is 0 Å². The van der Waals surface area contributed by atoms with Gasteiger partial charge >= 0.3 is 11.9 Å².